The summed E-state index contributed by atoms with van der Waals surface area (Å²) in [5.41, 5.74) is 0.559. The van der Waals surface area contributed by atoms with Gasteiger partial charge in [0.05, 0.1) is 10.9 Å². The average molecular weight is 389 g/mol. The Morgan fingerprint density at radius 1 is 1.38 bits per heavy atom. The highest BCUT2D eigenvalue weighted by molar-refractivity contribution is 7.11. The lowest BCUT2D eigenvalue weighted by atomic mass is 10.2. The molecule has 2 amide bonds. The number of pyridine rings is 2. The summed E-state index contributed by atoms with van der Waals surface area (Å²) in [6.07, 6.45) is 0. The van der Waals surface area contributed by atoms with E-state index in [-0.39, 0.29) is 28.1 Å². The van der Waals surface area contributed by atoms with E-state index in [0.717, 1.165) is 11.5 Å². The molecule has 0 saturated carbocycles. The summed E-state index contributed by atoms with van der Waals surface area (Å²) in [5, 5.41) is 32.5. The van der Waals surface area contributed by atoms with Gasteiger partial charge in [0.1, 0.15) is 11.2 Å². The van der Waals surface area contributed by atoms with Gasteiger partial charge in [-0.3, -0.25) is 5.32 Å². The standard InChI is InChI=1S/C14H9ClN8O2S/c1-17-14(25)20-12-8(24)2-3-9(18-12)21-22-13-7-4-6(5-16)10(15)19-11(7)23-26-13/h2-4,24H,1H3,(H2,17,18,20,25)/b22-21+. The Morgan fingerprint density at radius 3 is 2.92 bits per heavy atom. The zero-order chi connectivity index (χ0) is 18.7. The SMILES string of the molecule is CNC(=O)Nc1nc(/N=N/c2snc3nc(Cl)c(C#N)cc23)ccc1O. The average Bonchev–Trinajstić information content (AvgIpc) is 3.03. The van der Waals surface area contributed by atoms with Crippen LogP contribution in [0.1, 0.15) is 5.56 Å². The molecule has 0 atom stereocenters. The summed E-state index contributed by atoms with van der Waals surface area (Å²) in [7, 11) is 1.43. The van der Waals surface area contributed by atoms with Crippen LogP contribution in [0.3, 0.4) is 0 Å². The van der Waals surface area contributed by atoms with E-state index in [1.54, 1.807) is 0 Å². The smallest absolute Gasteiger partial charge is 0.320 e. The summed E-state index contributed by atoms with van der Waals surface area (Å²) >= 11 is 6.91. The molecule has 0 radical (unpaired) electrons. The second kappa shape index (κ2) is 7.26. The minimum absolute atomic E-state index is 0.0600. The number of carbonyl (C=O) groups is 1. The predicted molar refractivity (Wildman–Crippen MR) is 95.3 cm³/mol. The molecule has 3 aromatic rings. The van der Waals surface area contributed by atoms with Crippen LogP contribution in [-0.2, 0) is 0 Å². The van der Waals surface area contributed by atoms with Gasteiger partial charge in [0.15, 0.2) is 28.0 Å². The fraction of sp³-hybridized carbons (Fsp3) is 0.0714. The van der Waals surface area contributed by atoms with Crippen molar-refractivity contribution in [2.75, 3.05) is 12.4 Å². The molecule has 0 saturated heterocycles. The Balaban J connectivity index is 1.93. The van der Waals surface area contributed by atoms with Crippen molar-refractivity contribution in [2.24, 2.45) is 10.2 Å². The maximum absolute atomic E-state index is 11.3. The van der Waals surface area contributed by atoms with Crippen molar-refractivity contribution in [3.63, 3.8) is 0 Å². The Labute approximate surface area is 155 Å². The van der Waals surface area contributed by atoms with E-state index in [9.17, 15) is 9.90 Å². The predicted octanol–water partition coefficient (Wildman–Crippen LogP) is 3.48. The van der Waals surface area contributed by atoms with E-state index in [1.807, 2.05) is 6.07 Å². The van der Waals surface area contributed by atoms with Gasteiger partial charge in [0, 0.05) is 7.05 Å². The Bertz CT molecular complexity index is 1070. The molecule has 0 aromatic carbocycles. The zero-order valence-corrected chi connectivity index (χ0v) is 14.6. The normalized spacial score (nSPS) is 10.8. The lowest BCUT2D eigenvalue weighted by molar-refractivity contribution is 0.253. The van der Waals surface area contributed by atoms with Gasteiger partial charge in [-0.25, -0.2) is 14.8 Å². The Kier molecular flexibility index (Phi) is 4.87. The van der Waals surface area contributed by atoms with Gasteiger partial charge in [-0.2, -0.15) is 9.64 Å². The van der Waals surface area contributed by atoms with E-state index in [4.69, 9.17) is 16.9 Å². The minimum Gasteiger partial charge on any atom is -0.504 e. The number of hydrogen-bond donors (Lipinski definition) is 3. The molecule has 10 nitrogen and oxygen atoms in total. The highest BCUT2D eigenvalue weighted by atomic mass is 35.5. The number of halogens is 1. The molecular formula is C14H9ClN8O2S. The summed E-state index contributed by atoms with van der Waals surface area (Å²) in [6.45, 7) is 0. The number of amides is 2. The third-order valence-corrected chi connectivity index (χ3v) is 4.11. The van der Waals surface area contributed by atoms with Crippen LogP contribution < -0.4 is 10.6 Å². The van der Waals surface area contributed by atoms with Crippen molar-refractivity contribution in [3.8, 4) is 11.8 Å². The molecule has 3 aromatic heterocycles. The number of nitriles is 1. The summed E-state index contributed by atoms with van der Waals surface area (Å²) < 4.78 is 4.11. The minimum atomic E-state index is -0.540. The van der Waals surface area contributed by atoms with Crippen molar-refractivity contribution >= 4 is 56.8 Å². The van der Waals surface area contributed by atoms with Crippen LogP contribution in [0.5, 0.6) is 5.75 Å². The molecule has 3 heterocycles. The molecule has 12 heteroatoms. The fourth-order valence-electron chi connectivity index (χ4n) is 1.85. The van der Waals surface area contributed by atoms with Crippen LogP contribution in [0.4, 0.5) is 21.4 Å². The number of rotatable bonds is 3. The highest BCUT2D eigenvalue weighted by Gasteiger charge is 2.12. The molecular weight excluding hydrogens is 380 g/mol. The number of nitrogens with one attached hydrogen (secondary N) is 2. The van der Waals surface area contributed by atoms with E-state index >= 15 is 0 Å². The lowest BCUT2D eigenvalue weighted by Gasteiger charge is -2.05. The number of nitrogens with zero attached hydrogens (tertiary/aromatic N) is 6. The van der Waals surface area contributed by atoms with Crippen LogP contribution in [0, 0.1) is 11.3 Å². The first-order valence-electron chi connectivity index (χ1n) is 6.98. The second-order valence-electron chi connectivity index (χ2n) is 4.74. The number of azo groups is 1. The monoisotopic (exact) mass is 388 g/mol. The molecule has 0 aliphatic rings. The van der Waals surface area contributed by atoms with E-state index in [0.29, 0.717) is 16.0 Å². The number of fused-ring (bicyclic) bond motifs is 1. The number of anilines is 1. The molecule has 0 unspecified atom stereocenters. The maximum atomic E-state index is 11.3. The molecule has 0 fully saturated rings. The zero-order valence-electron chi connectivity index (χ0n) is 13.1. The van der Waals surface area contributed by atoms with Crippen LogP contribution in [0.15, 0.2) is 28.4 Å². The number of urea groups is 1. The molecule has 3 N–H and O–H groups in total. The Hall–Kier alpha value is -3.36. The van der Waals surface area contributed by atoms with Crippen LogP contribution >= 0.6 is 23.1 Å². The molecule has 130 valence electrons. The van der Waals surface area contributed by atoms with Crippen molar-refractivity contribution in [1.82, 2.24) is 19.7 Å². The number of carbonyl (C=O) groups excluding carboxylic acids is 1. The highest BCUT2D eigenvalue weighted by Crippen LogP contribution is 2.33. The first kappa shape index (κ1) is 17.5. The number of aromatic hydroxyl groups is 1. The quantitative estimate of drug-likeness (QED) is 0.461. The molecule has 3 rings (SSSR count). The topological polar surface area (TPSA) is 149 Å². The lowest BCUT2D eigenvalue weighted by Crippen LogP contribution is -2.24. The van der Waals surface area contributed by atoms with Gasteiger partial charge in [-0.1, -0.05) is 11.6 Å². The van der Waals surface area contributed by atoms with E-state index in [2.05, 4.69) is 35.2 Å². The van der Waals surface area contributed by atoms with Gasteiger partial charge < -0.3 is 10.4 Å². The van der Waals surface area contributed by atoms with Gasteiger partial charge in [-0.05, 0) is 29.7 Å². The van der Waals surface area contributed by atoms with Crippen molar-refractivity contribution in [2.45, 2.75) is 0 Å². The third-order valence-electron chi connectivity index (χ3n) is 3.09. The third kappa shape index (κ3) is 3.51. The fourth-order valence-corrected chi connectivity index (χ4v) is 2.67. The molecule has 0 aliphatic heterocycles. The van der Waals surface area contributed by atoms with E-state index < -0.39 is 6.03 Å². The van der Waals surface area contributed by atoms with E-state index in [1.165, 1.54) is 25.2 Å². The summed E-state index contributed by atoms with van der Waals surface area (Å²) in [5.74, 6) is -0.123. The number of hydrogen-bond acceptors (Lipinski definition) is 9. The van der Waals surface area contributed by atoms with Crippen molar-refractivity contribution in [1.29, 1.82) is 5.26 Å². The molecule has 0 bridgehead atoms. The molecule has 26 heavy (non-hydrogen) atoms. The largest absolute Gasteiger partial charge is 0.504 e. The summed E-state index contributed by atoms with van der Waals surface area (Å²) in [4.78, 5) is 19.4. The van der Waals surface area contributed by atoms with Crippen LogP contribution in [0.25, 0.3) is 11.0 Å². The first-order valence-corrected chi connectivity index (χ1v) is 8.13. The number of aromatic nitrogens is 3. The van der Waals surface area contributed by atoms with Gasteiger partial charge in [0.25, 0.3) is 0 Å². The molecule has 0 aliphatic carbocycles. The Morgan fingerprint density at radius 2 is 2.19 bits per heavy atom. The van der Waals surface area contributed by atoms with Crippen molar-refractivity contribution < 1.29 is 9.90 Å². The van der Waals surface area contributed by atoms with Crippen molar-refractivity contribution in [3.05, 3.63) is 28.9 Å². The first-order chi connectivity index (χ1) is 12.5. The summed E-state index contributed by atoms with van der Waals surface area (Å²) in [6, 6.07) is 5.68. The molecule has 0 spiro atoms. The second-order valence-corrected chi connectivity index (χ2v) is 5.85. The van der Waals surface area contributed by atoms with Crippen LogP contribution in [0.2, 0.25) is 5.15 Å². The van der Waals surface area contributed by atoms with Crippen LogP contribution in [-0.4, -0.2) is 32.5 Å². The van der Waals surface area contributed by atoms with Gasteiger partial charge in [-0.15, -0.1) is 10.2 Å². The van der Waals surface area contributed by atoms with Gasteiger partial charge in [0.2, 0.25) is 0 Å². The van der Waals surface area contributed by atoms with Gasteiger partial charge >= 0.3 is 6.03 Å². The maximum Gasteiger partial charge on any atom is 0.320 e.